The van der Waals surface area contributed by atoms with Crippen LogP contribution in [-0.4, -0.2) is 18.3 Å². The van der Waals surface area contributed by atoms with E-state index in [-0.39, 0.29) is 5.92 Å². The zero-order valence-electron chi connectivity index (χ0n) is 11.5. The van der Waals surface area contributed by atoms with Crippen LogP contribution in [0.25, 0.3) is 0 Å². The topological polar surface area (TPSA) is 29.5 Å². The van der Waals surface area contributed by atoms with Crippen LogP contribution in [0.2, 0.25) is 0 Å². The Morgan fingerprint density at radius 1 is 0.950 bits per heavy atom. The van der Waals surface area contributed by atoms with Crippen LogP contribution in [0.4, 0.5) is 0 Å². The van der Waals surface area contributed by atoms with Gasteiger partial charge in [-0.3, -0.25) is 0 Å². The zero-order chi connectivity index (χ0) is 13.8. The molecule has 0 aliphatic carbocycles. The van der Waals surface area contributed by atoms with Crippen molar-refractivity contribution in [3.8, 4) is 0 Å². The van der Waals surface area contributed by atoms with Crippen molar-refractivity contribution in [2.45, 2.75) is 12.5 Å². The van der Waals surface area contributed by atoms with Crippen LogP contribution in [0.15, 0.2) is 60.7 Å². The normalized spacial score (nSPS) is 23.6. The molecule has 20 heavy (non-hydrogen) atoms. The van der Waals surface area contributed by atoms with Gasteiger partial charge in [-0.25, -0.2) is 0 Å². The van der Waals surface area contributed by atoms with Crippen LogP contribution < -0.4 is 0 Å². The van der Waals surface area contributed by atoms with Gasteiger partial charge >= 0.3 is 0 Å². The summed E-state index contributed by atoms with van der Waals surface area (Å²) in [4.78, 5) is 0. The second-order valence-corrected chi connectivity index (χ2v) is 5.51. The van der Waals surface area contributed by atoms with Gasteiger partial charge in [0.05, 0.1) is 19.3 Å². The predicted octanol–water partition coefficient (Wildman–Crippen LogP) is 3.23. The minimum atomic E-state index is -0.438. The molecule has 0 radical (unpaired) electrons. The van der Waals surface area contributed by atoms with E-state index >= 15 is 0 Å². The molecule has 3 rings (SSSR count). The van der Waals surface area contributed by atoms with Crippen molar-refractivity contribution in [1.82, 2.24) is 0 Å². The molecule has 1 heterocycles. The van der Waals surface area contributed by atoms with E-state index < -0.39 is 6.10 Å². The summed E-state index contributed by atoms with van der Waals surface area (Å²) >= 11 is 0. The van der Waals surface area contributed by atoms with Crippen molar-refractivity contribution in [2.75, 3.05) is 13.2 Å². The van der Waals surface area contributed by atoms with Gasteiger partial charge in [0, 0.05) is 5.92 Å². The van der Waals surface area contributed by atoms with Gasteiger partial charge in [0.1, 0.15) is 0 Å². The highest BCUT2D eigenvalue weighted by molar-refractivity contribution is 5.20. The maximum Gasteiger partial charge on any atom is 0.0843 e. The van der Waals surface area contributed by atoms with Gasteiger partial charge in [-0.1, -0.05) is 60.7 Å². The quantitative estimate of drug-likeness (QED) is 0.922. The molecule has 0 spiro atoms. The van der Waals surface area contributed by atoms with Crippen LogP contribution in [-0.2, 0) is 11.2 Å². The Morgan fingerprint density at radius 3 is 2.30 bits per heavy atom. The molecule has 1 fully saturated rings. The summed E-state index contributed by atoms with van der Waals surface area (Å²) in [6.07, 6.45) is 0.530. The highest BCUT2D eigenvalue weighted by atomic mass is 16.5. The van der Waals surface area contributed by atoms with E-state index in [1.165, 1.54) is 5.56 Å². The van der Waals surface area contributed by atoms with E-state index in [0.29, 0.717) is 12.5 Å². The summed E-state index contributed by atoms with van der Waals surface area (Å²) in [6.45, 7) is 1.39. The lowest BCUT2D eigenvalue weighted by Crippen LogP contribution is -2.22. The first-order valence-corrected chi connectivity index (χ1v) is 7.19. The van der Waals surface area contributed by atoms with E-state index in [1.54, 1.807) is 0 Å². The Hall–Kier alpha value is -1.64. The van der Waals surface area contributed by atoms with E-state index in [0.717, 1.165) is 18.6 Å². The largest absolute Gasteiger partial charge is 0.388 e. The van der Waals surface area contributed by atoms with E-state index in [9.17, 15) is 5.11 Å². The zero-order valence-corrected chi connectivity index (χ0v) is 11.5. The van der Waals surface area contributed by atoms with Crippen molar-refractivity contribution in [2.24, 2.45) is 11.8 Å². The summed E-state index contributed by atoms with van der Waals surface area (Å²) < 4.78 is 5.62. The Balaban J connectivity index is 1.72. The average Bonchev–Trinajstić information content (AvgIpc) is 2.96. The lowest BCUT2D eigenvalue weighted by atomic mass is 9.83. The summed E-state index contributed by atoms with van der Waals surface area (Å²) in [5.41, 5.74) is 2.30. The molecule has 3 atom stereocenters. The third kappa shape index (κ3) is 2.92. The van der Waals surface area contributed by atoms with Gasteiger partial charge in [-0.05, 0) is 23.5 Å². The van der Waals surface area contributed by atoms with Crippen LogP contribution in [0.1, 0.15) is 17.2 Å². The summed E-state index contributed by atoms with van der Waals surface area (Å²) in [6, 6.07) is 20.3. The highest BCUT2D eigenvalue weighted by Crippen LogP contribution is 2.34. The van der Waals surface area contributed by atoms with Crippen molar-refractivity contribution >= 4 is 0 Å². The molecule has 1 saturated heterocycles. The minimum absolute atomic E-state index is 0.178. The number of benzene rings is 2. The van der Waals surface area contributed by atoms with Gasteiger partial charge in [0.25, 0.3) is 0 Å². The number of aliphatic hydroxyl groups excluding tert-OH is 1. The first-order chi connectivity index (χ1) is 9.84. The molecule has 0 saturated carbocycles. The molecule has 0 aromatic heterocycles. The molecule has 2 aromatic rings. The molecule has 3 unspecified atom stereocenters. The fourth-order valence-corrected chi connectivity index (χ4v) is 2.99. The van der Waals surface area contributed by atoms with Gasteiger partial charge in [0.2, 0.25) is 0 Å². The molecule has 1 aliphatic heterocycles. The third-order valence-electron chi connectivity index (χ3n) is 4.14. The first kappa shape index (κ1) is 13.3. The molecule has 104 valence electrons. The lowest BCUT2D eigenvalue weighted by Gasteiger charge is -2.23. The second-order valence-electron chi connectivity index (χ2n) is 5.51. The summed E-state index contributed by atoms with van der Waals surface area (Å²) in [5, 5.41) is 10.6. The summed E-state index contributed by atoms with van der Waals surface area (Å²) in [7, 11) is 0. The van der Waals surface area contributed by atoms with Crippen molar-refractivity contribution in [3.63, 3.8) is 0 Å². The van der Waals surface area contributed by atoms with Crippen molar-refractivity contribution in [3.05, 3.63) is 71.8 Å². The fraction of sp³-hybridized carbons (Fsp3) is 0.333. The lowest BCUT2D eigenvalue weighted by molar-refractivity contribution is 0.0812. The molecule has 2 heteroatoms. The van der Waals surface area contributed by atoms with Crippen molar-refractivity contribution in [1.29, 1.82) is 0 Å². The summed E-state index contributed by atoms with van der Waals surface area (Å²) in [5.74, 6) is 0.560. The molecule has 2 aromatic carbocycles. The van der Waals surface area contributed by atoms with E-state index in [4.69, 9.17) is 4.74 Å². The molecule has 1 aliphatic rings. The minimum Gasteiger partial charge on any atom is -0.388 e. The molecule has 0 amide bonds. The smallest absolute Gasteiger partial charge is 0.0843 e. The molecular weight excluding hydrogens is 248 g/mol. The monoisotopic (exact) mass is 268 g/mol. The highest BCUT2D eigenvalue weighted by Gasteiger charge is 2.34. The molecule has 2 nitrogen and oxygen atoms in total. The van der Waals surface area contributed by atoms with Crippen LogP contribution in [0.5, 0.6) is 0 Å². The maximum absolute atomic E-state index is 10.6. The Labute approximate surface area is 120 Å². The van der Waals surface area contributed by atoms with Crippen LogP contribution in [0, 0.1) is 11.8 Å². The SMILES string of the molecule is OC(c1ccccc1)C1COCC1Cc1ccccc1. The second kappa shape index (κ2) is 6.21. The Morgan fingerprint density at radius 2 is 1.60 bits per heavy atom. The number of ether oxygens (including phenoxy) is 1. The Bertz CT molecular complexity index is 524. The Kier molecular flexibility index (Phi) is 4.14. The molecular formula is C18H20O2. The van der Waals surface area contributed by atoms with Crippen LogP contribution in [0.3, 0.4) is 0 Å². The van der Waals surface area contributed by atoms with E-state index in [1.807, 2.05) is 36.4 Å². The first-order valence-electron chi connectivity index (χ1n) is 7.19. The number of hydrogen-bond donors (Lipinski definition) is 1. The number of rotatable bonds is 4. The van der Waals surface area contributed by atoms with Gasteiger partial charge < -0.3 is 9.84 Å². The number of hydrogen-bond acceptors (Lipinski definition) is 2. The van der Waals surface area contributed by atoms with Gasteiger partial charge in [-0.2, -0.15) is 0 Å². The predicted molar refractivity (Wildman–Crippen MR) is 79.3 cm³/mol. The average molecular weight is 268 g/mol. The van der Waals surface area contributed by atoms with Gasteiger partial charge in [-0.15, -0.1) is 0 Å². The standard InChI is InChI=1S/C18H20O2/c19-18(15-9-5-2-6-10-15)17-13-20-12-16(17)11-14-7-3-1-4-8-14/h1-10,16-19H,11-13H2. The number of aliphatic hydroxyl groups is 1. The van der Waals surface area contributed by atoms with Crippen molar-refractivity contribution < 1.29 is 9.84 Å². The maximum atomic E-state index is 10.6. The van der Waals surface area contributed by atoms with E-state index in [2.05, 4.69) is 24.3 Å². The van der Waals surface area contributed by atoms with Gasteiger partial charge in [0.15, 0.2) is 0 Å². The molecule has 0 bridgehead atoms. The third-order valence-corrected chi connectivity index (χ3v) is 4.14. The molecule has 1 N–H and O–H groups in total. The van der Waals surface area contributed by atoms with Crippen LogP contribution >= 0.6 is 0 Å². The fourth-order valence-electron chi connectivity index (χ4n) is 2.99.